The van der Waals surface area contributed by atoms with E-state index in [1.807, 2.05) is 0 Å². The summed E-state index contributed by atoms with van der Waals surface area (Å²) < 4.78 is 0. The summed E-state index contributed by atoms with van der Waals surface area (Å²) in [5.74, 6) is 0.946. The van der Waals surface area contributed by atoms with Gasteiger partial charge in [0.1, 0.15) is 0 Å². The van der Waals surface area contributed by atoms with Gasteiger partial charge < -0.3 is 10.2 Å². The molecule has 0 spiro atoms. The quantitative estimate of drug-likeness (QED) is 0.838. The molecule has 3 aliphatic rings. The predicted octanol–water partition coefficient (Wildman–Crippen LogP) is 1.94. The van der Waals surface area contributed by atoms with Crippen molar-refractivity contribution in [3.05, 3.63) is 0 Å². The zero-order chi connectivity index (χ0) is 12.9. The highest BCUT2D eigenvalue weighted by atomic mass is 15.3. The van der Waals surface area contributed by atoms with Crippen molar-refractivity contribution in [2.75, 3.05) is 45.8 Å². The molecule has 3 rings (SSSR count). The molecule has 3 nitrogen and oxygen atoms in total. The molecular formula is C16H31N3. The molecule has 0 amide bonds. The van der Waals surface area contributed by atoms with Crippen molar-refractivity contribution in [3.8, 4) is 0 Å². The van der Waals surface area contributed by atoms with E-state index in [9.17, 15) is 0 Å². The fourth-order valence-corrected chi connectivity index (χ4v) is 4.16. The fraction of sp³-hybridized carbons (Fsp3) is 1.00. The molecule has 110 valence electrons. The second-order valence-electron chi connectivity index (χ2n) is 6.82. The van der Waals surface area contributed by atoms with E-state index in [2.05, 4.69) is 15.1 Å². The van der Waals surface area contributed by atoms with Crippen molar-refractivity contribution in [2.24, 2.45) is 5.92 Å². The zero-order valence-corrected chi connectivity index (χ0v) is 12.4. The summed E-state index contributed by atoms with van der Waals surface area (Å²) in [6.07, 6.45) is 10.1. The lowest BCUT2D eigenvalue weighted by Crippen LogP contribution is -2.50. The van der Waals surface area contributed by atoms with E-state index < -0.39 is 0 Å². The summed E-state index contributed by atoms with van der Waals surface area (Å²) in [4.78, 5) is 5.48. The lowest BCUT2D eigenvalue weighted by Gasteiger charge is -2.38. The molecule has 1 aliphatic carbocycles. The van der Waals surface area contributed by atoms with E-state index in [0.717, 1.165) is 12.0 Å². The first kappa shape index (κ1) is 13.8. The number of rotatable bonds is 4. The summed E-state index contributed by atoms with van der Waals surface area (Å²) in [5, 5.41) is 3.54. The number of nitrogens with one attached hydrogen (secondary N) is 1. The van der Waals surface area contributed by atoms with E-state index in [0.29, 0.717) is 0 Å². The van der Waals surface area contributed by atoms with E-state index in [1.54, 1.807) is 0 Å². The van der Waals surface area contributed by atoms with Crippen LogP contribution in [0.3, 0.4) is 0 Å². The Balaban J connectivity index is 1.33. The van der Waals surface area contributed by atoms with Crippen molar-refractivity contribution < 1.29 is 0 Å². The van der Waals surface area contributed by atoms with Crippen molar-refractivity contribution in [2.45, 2.75) is 51.0 Å². The third kappa shape index (κ3) is 3.93. The number of piperazine rings is 1. The molecule has 1 atom stereocenters. The second-order valence-corrected chi connectivity index (χ2v) is 6.82. The highest BCUT2D eigenvalue weighted by Crippen LogP contribution is 2.24. The molecule has 3 fully saturated rings. The minimum Gasteiger partial charge on any atom is -0.316 e. The van der Waals surface area contributed by atoms with Crippen LogP contribution in [0, 0.1) is 5.92 Å². The van der Waals surface area contributed by atoms with Gasteiger partial charge in [-0.2, -0.15) is 0 Å². The average molecular weight is 265 g/mol. The third-order valence-electron chi connectivity index (χ3n) is 5.50. The van der Waals surface area contributed by atoms with Gasteiger partial charge in [0.05, 0.1) is 0 Å². The Kier molecular flexibility index (Phi) is 5.14. The Bertz CT molecular complexity index is 249. The highest BCUT2D eigenvalue weighted by molar-refractivity contribution is 4.82. The van der Waals surface area contributed by atoms with Crippen LogP contribution in [0.15, 0.2) is 0 Å². The van der Waals surface area contributed by atoms with Crippen molar-refractivity contribution in [1.29, 1.82) is 0 Å². The van der Waals surface area contributed by atoms with E-state index in [1.165, 1.54) is 90.8 Å². The summed E-state index contributed by atoms with van der Waals surface area (Å²) >= 11 is 0. The van der Waals surface area contributed by atoms with Gasteiger partial charge in [-0.3, -0.25) is 4.90 Å². The second kappa shape index (κ2) is 7.05. The lowest BCUT2D eigenvalue weighted by molar-refractivity contribution is 0.0929. The minimum atomic E-state index is 0.935. The third-order valence-corrected chi connectivity index (χ3v) is 5.50. The maximum Gasteiger partial charge on any atom is 0.0113 e. The smallest absolute Gasteiger partial charge is 0.0113 e. The Morgan fingerprint density at radius 3 is 2.37 bits per heavy atom. The fourth-order valence-electron chi connectivity index (χ4n) is 4.16. The van der Waals surface area contributed by atoms with Gasteiger partial charge in [0.15, 0.2) is 0 Å². The van der Waals surface area contributed by atoms with Gasteiger partial charge >= 0.3 is 0 Å². The topological polar surface area (TPSA) is 18.5 Å². The molecule has 1 unspecified atom stereocenters. The molecule has 19 heavy (non-hydrogen) atoms. The van der Waals surface area contributed by atoms with Crippen LogP contribution in [0.4, 0.5) is 0 Å². The molecule has 2 heterocycles. The van der Waals surface area contributed by atoms with E-state index >= 15 is 0 Å². The molecule has 2 aliphatic heterocycles. The molecule has 0 aromatic heterocycles. The van der Waals surface area contributed by atoms with Crippen LogP contribution in [0.25, 0.3) is 0 Å². The Morgan fingerprint density at radius 1 is 0.895 bits per heavy atom. The van der Waals surface area contributed by atoms with Crippen LogP contribution in [0.2, 0.25) is 0 Å². The summed E-state index contributed by atoms with van der Waals surface area (Å²) in [5.41, 5.74) is 0. The molecule has 0 aromatic carbocycles. The number of nitrogens with zero attached hydrogens (tertiary/aromatic N) is 2. The lowest BCUT2D eigenvalue weighted by atomic mass is 9.96. The van der Waals surface area contributed by atoms with Crippen LogP contribution in [-0.2, 0) is 0 Å². The van der Waals surface area contributed by atoms with Crippen molar-refractivity contribution >= 4 is 0 Å². The van der Waals surface area contributed by atoms with Gasteiger partial charge in [-0.1, -0.05) is 12.8 Å². The van der Waals surface area contributed by atoms with Gasteiger partial charge in [-0.15, -0.1) is 0 Å². The van der Waals surface area contributed by atoms with Crippen molar-refractivity contribution in [1.82, 2.24) is 15.1 Å². The number of hydrogen-bond acceptors (Lipinski definition) is 3. The maximum atomic E-state index is 3.54. The minimum absolute atomic E-state index is 0.935. The number of hydrogen-bond donors (Lipinski definition) is 1. The predicted molar refractivity (Wildman–Crippen MR) is 80.5 cm³/mol. The van der Waals surface area contributed by atoms with Crippen LogP contribution in [0.5, 0.6) is 0 Å². The zero-order valence-electron chi connectivity index (χ0n) is 12.4. The maximum absolute atomic E-state index is 3.54. The molecule has 3 heteroatoms. The van der Waals surface area contributed by atoms with Gasteiger partial charge in [0.25, 0.3) is 0 Å². The monoisotopic (exact) mass is 265 g/mol. The number of piperidine rings is 1. The SMILES string of the molecule is C1CNCC(CCN2CCN(C3CCCC3)CC2)C1. The van der Waals surface area contributed by atoms with Crippen LogP contribution < -0.4 is 5.32 Å². The molecular weight excluding hydrogens is 234 g/mol. The van der Waals surface area contributed by atoms with Gasteiger partial charge in [-0.05, 0) is 57.7 Å². The molecule has 0 bridgehead atoms. The Labute approximate surface area is 118 Å². The summed E-state index contributed by atoms with van der Waals surface area (Å²) in [6, 6.07) is 0.935. The molecule has 1 N–H and O–H groups in total. The Morgan fingerprint density at radius 2 is 1.68 bits per heavy atom. The summed E-state index contributed by atoms with van der Waals surface area (Å²) in [6.45, 7) is 9.14. The average Bonchev–Trinajstić information content (AvgIpc) is 3.01. The Hall–Kier alpha value is -0.120. The molecule has 1 saturated carbocycles. The highest BCUT2D eigenvalue weighted by Gasteiger charge is 2.26. The first-order valence-corrected chi connectivity index (χ1v) is 8.59. The largest absolute Gasteiger partial charge is 0.316 e. The van der Waals surface area contributed by atoms with Crippen LogP contribution >= 0.6 is 0 Å². The van der Waals surface area contributed by atoms with Gasteiger partial charge in [-0.25, -0.2) is 0 Å². The van der Waals surface area contributed by atoms with Crippen LogP contribution in [0.1, 0.15) is 44.9 Å². The van der Waals surface area contributed by atoms with E-state index in [4.69, 9.17) is 0 Å². The normalized spacial score (nSPS) is 31.9. The van der Waals surface area contributed by atoms with E-state index in [-0.39, 0.29) is 0 Å². The van der Waals surface area contributed by atoms with Crippen molar-refractivity contribution in [3.63, 3.8) is 0 Å². The van der Waals surface area contributed by atoms with Gasteiger partial charge in [0, 0.05) is 32.2 Å². The first-order valence-electron chi connectivity index (χ1n) is 8.59. The first-order chi connectivity index (χ1) is 9.42. The molecule has 2 saturated heterocycles. The van der Waals surface area contributed by atoms with Gasteiger partial charge in [0.2, 0.25) is 0 Å². The summed E-state index contributed by atoms with van der Waals surface area (Å²) in [7, 11) is 0. The molecule has 0 aromatic rings. The molecule has 0 radical (unpaired) electrons. The van der Waals surface area contributed by atoms with Crippen LogP contribution in [-0.4, -0.2) is 61.7 Å². The standard InChI is InChI=1S/C16H31N3/c1-2-6-16(5-1)19-12-10-18(11-13-19)9-7-15-4-3-8-17-14-15/h15-17H,1-14H2.